The summed E-state index contributed by atoms with van der Waals surface area (Å²) in [6, 6.07) is 6.03. The van der Waals surface area contributed by atoms with Crippen LogP contribution in [0.1, 0.15) is 56.0 Å². The highest BCUT2D eigenvalue weighted by atomic mass is 32.1. The number of aldehydes is 1. The Bertz CT molecular complexity index is 648. The molecule has 0 aliphatic heterocycles. The Morgan fingerprint density at radius 2 is 2.00 bits per heavy atom. The summed E-state index contributed by atoms with van der Waals surface area (Å²) in [5, 5.41) is 11.3. The minimum atomic E-state index is -0.833. The van der Waals surface area contributed by atoms with Crippen molar-refractivity contribution in [3.63, 3.8) is 0 Å². The van der Waals surface area contributed by atoms with Crippen molar-refractivity contribution in [2.45, 2.75) is 51.0 Å². The first kappa shape index (κ1) is 14.7. The van der Waals surface area contributed by atoms with E-state index in [0.29, 0.717) is 5.92 Å². The summed E-state index contributed by atoms with van der Waals surface area (Å²) in [6.45, 7) is 3.59. The third-order valence-corrected chi connectivity index (χ3v) is 5.62. The van der Waals surface area contributed by atoms with E-state index in [2.05, 4.69) is 6.07 Å². The van der Waals surface area contributed by atoms with Gasteiger partial charge >= 0.3 is 0 Å². The number of carbonyl (C=O) groups excluding carboxylic acids is 1. The molecule has 3 nitrogen and oxygen atoms in total. The fourth-order valence-electron chi connectivity index (χ4n) is 3.00. The molecule has 0 radical (unpaired) electrons. The Hall–Kier alpha value is -1.26. The zero-order valence-corrected chi connectivity index (χ0v) is 13.3. The molecule has 1 N–H and O–H groups in total. The third-order valence-electron chi connectivity index (χ3n) is 4.42. The molecule has 0 atom stereocenters. The van der Waals surface area contributed by atoms with Gasteiger partial charge in [-0.1, -0.05) is 6.07 Å². The molecular formula is C17H21NO2S. The molecule has 1 heterocycles. The summed E-state index contributed by atoms with van der Waals surface area (Å²) in [4.78, 5) is 15.6. The average Bonchev–Trinajstić information content (AvgIpc) is 2.89. The van der Waals surface area contributed by atoms with Gasteiger partial charge in [-0.25, -0.2) is 4.98 Å². The van der Waals surface area contributed by atoms with Crippen molar-refractivity contribution >= 4 is 27.8 Å². The Labute approximate surface area is 129 Å². The highest BCUT2D eigenvalue weighted by Gasteiger charge is 2.25. The van der Waals surface area contributed by atoms with Crippen LogP contribution in [0.2, 0.25) is 0 Å². The van der Waals surface area contributed by atoms with Crippen molar-refractivity contribution < 1.29 is 9.90 Å². The summed E-state index contributed by atoms with van der Waals surface area (Å²) in [5.74, 6) is 0.738. The third kappa shape index (κ3) is 3.01. The van der Waals surface area contributed by atoms with Gasteiger partial charge in [0.05, 0.1) is 20.8 Å². The number of carbonyl (C=O) groups is 1. The lowest BCUT2D eigenvalue weighted by atomic mass is 9.83. The number of aliphatic hydroxyl groups is 1. The monoisotopic (exact) mass is 303 g/mol. The fourth-order valence-corrected chi connectivity index (χ4v) is 4.12. The van der Waals surface area contributed by atoms with E-state index in [1.807, 2.05) is 12.1 Å². The molecule has 21 heavy (non-hydrogen) atoms. The predicted molar refractivity (Wildman–Crippen MR) is 85.6 cm³/mol. The minimum absolute atomic E-state index is 0.248. The van der Waals surface area contributed by atoms with Crippen molar-refractivity contribution in [1.82, 2.24) is 4.98 Å². The normalized spacial score (nSPS) is 23.4. The van der Waals surface area contributed by atoms with E-state index in [1.54, 1.807) is 25.2 Å². The molecule has 0 amide bonds. The van der Waals surface area contributed by atoms with Crippen LogP contribution in [0, 0.1) is 5.92 Å². The van der Waals surface area contributed by atoms with Crippen molar-refractivity contribution in [3.8, 4) is 0 Å². The van der Waals surface area contributed by atoms with Gasteiger partial charge < -0.3 is 9.90 Å². The van der Waals surface area contributed by atoms with Crippen LogP contribution >= 0.6 is 11.3 Å². The lowest BCUT2D eigenvalue weighted by Crippen LogP contribution is -2.15. The van der Waals surface area contributed by atoms with Gasteiger partial charge in [-0.15, -0.1) is 11.3 Å². The highest BCUT2D eigenvalue weighted by Crippen LogP contribution is 2.39. The lowest BCUT2D eigenvalue weighted by Gasteiger charge is -2.23. The van der Waals surface area contributed by atoms with E-state index < -0.39 is 5.60 Å². The quantitative estimate of drug-likeness (QED) is 0.872. The van der Waals surface area contributed by atoms with Crippen LogP contribution in [-0.4, -0.2) is 16.4 Å². The number of hydrogen-bond acceptors (Lipinski definition) is 4. The molecule has 0 saturated heterocycles. The summed E-state index contributed by atoms with van der Waals surface area (Å²) in [6.07, 6.45) is 5.19. The first-order valence-electron chi connectivity index (χ1n) is 7.56. The number of fused-ring (bicyclic) bond motifs is 1. The molecule has 1 aromatic carbocycles. The highest BCUT2D eigenvalue weighted by molar-refractivity contribution is 7.18. The van der Waals surface area contributed by atoms with Crippen LogP contribution in [0.5, 0.6) is 0 Å². The van der Waals surface area contributed by atoms with Gasteiger partial charge in [0, 0.05) is 11.8 Å². The molecule has 1 aromatic heterocycles. The molecule has 3 rings (SSSR count). The van der Waals surface area contributed by atoms with Crippen LogP contribution in [0.3, 0.4) is 0 Å². The summed E-state index contributed by atoms with van der Waals surface area (Å²) < 4.78 is 1.18. The molecule has 0 spiro atoms. The average molecular weight is 303 g/mol. The summed E-state index contributed by atoms with van der Waals surface area (Å²) in [5.41, 5.74) is 1.05. The second-order valence-electron chi connectivity index (χ2n) is 6.54. The smallest absolute Gasteiger partial charge is 0.123 e. The molecule has 112 valence electrons. The van der Waals surface area contributed by atoms with Gasteiger partial charge in [-0.05, 0) is 57.2 Å². The zero-order valence-electron chi connectivity index (χ0n) is 12.5. The minimum Gasteiger partial charge on any atom is -0.386 e. The van der Waals surface area contributed by atoms with E-state index in [9.17, 15) is 9.90 Å². The van der Waals surface area contributed by atoms with Crippen LogP contribution in [0.15, 0.2) is 18.2 Å². The topological polar surface area (TPSA) is 50.2 Å². The molecule has 1 aliphatic rings. The van der Waals surface area contributed by atoms with Gasteiger partial charge in [0.2, 0.25) is 0 Å². The van der Waals surface area contributed by atoms with E-state index in [4.69, 9.17) is 4.98 Å². The maximum absolute atomic E-state index is 10.8. The first-order chi connectivity index (χ1) is 9.97. The maximum Gasteiger partial charge on any atom is 0.123 e. The molecule has 1 saturated carbocycles. The van der Waals surface area contributed by atoms with Gasteiger partial charge in [0.1, 0.15) is 6.29 Å². The number of rotatable bonds is 3. The number of aromatic nitrogens is 1. The Kier molecular flexibility index (Phi) is 3.84. The molecule has 4 heteroatoms. The fraction of sp³-hybridized carbons (Fsp3) is 0.529. The number of thiazole rings is 1. The van der Waals surface area contributed by atoms with E-state index in [1.165, 1.54) is 9.71 Å². The maximum atomic E-state index is 10.8. The lowest BCUT2D eigenvalue weighted by molar-refractivity contribution is -0.111. The second-order valence-corrected chi connectivity index (χ2v) is 7.60. The molecular weight excluding hydrogens is 282 g/mol. The van der Waals surface area contributed by atoms with Crippen LogP contribution in [0.25, 0.3) is 10.2 Å². The van der Waals surface area contributed by atoms with Crippen molar-refractivity contribution in [1.29, 1.82) is 0 Å². The summed E-state index contributed by atoms with van der Waals surface area (Å²) >= 11 is 1.75. The van der Waals surface area contributed by atoms with Crippen molar-refractivity contribution in [2.24, 2.45) is 5.92 Å². The van der Waals surface area contributed by atoms with E-state index >= 15 is 0 Å². The molecule has 0 unspecified atom stereocenters. The van der Waals surface area contributed by atoms with Crippen molar-refractivity contribution in [3.05, 3.63) is 28.8 Å². The number of nitrogens with zero attached hydrogens (tertiary/aromatic N) is 1. The Morgan fingerprint density at radius 3 is 2.62 bits per heavy atom. The molecule has 2 aromatic rings. The predicted octanol–water partition coefficient (Wildman–Crippen LogP) is 4.00. The van der Waals surface area contributed by atoms with E-state index in [0.717, 1.165) is 43.0 Å². The molecule has 0 bridgehead atoms. The summed E-state index contributed by atoms with van der Waals surface area (Å²) in [7, 11) is 0. The second kappa shape index (κ2) is 5.50. The van der Waals surface area contributed by atoms with Gasteiger partial charge in [-0.2, -0.15) is 0 Å². The van der Waals surface area contributed by atoms with Crippen LogP contribution < -0.4 is 0 Å². The number of hydrogen-bond donors (Lipinski definition) is 1. The Morgan fingerprint density at radius 1 is 1.29 bits per heavy atom. The van der Waals surface area contributed by atoms with E-state index in [-0.39, 0.29) is 5.92 Å². The SMILES string of the molecule is CC(C)(O)c1ccc2sc(C3CCC(C=O)CC3)nc2c1. The molecule has 1 aliphatic carbocycles. The standard InChI is InChI=1S/C17H21NO2S/c1-17(2,20)13-7-8-15-14(9-13)18-16(21-15)12-5-3-11(10-19)4-6-12/h7-12,20H,3-6H2,1-2H3. The largest absolute Gasteiger partial charge is 0.386 e. The number of benzene rings is 1. The first-order valence-corrected chi connectivity index (χ1v) is 8.37. The van der Waals surface area contributed by atoms with Gasteiger partial charge in [-0.3, -0.25) is 0 Å². The van der Waals surface area contributed by atoms with Crippen molar-refractivity contribution in [2.75, 3.05) is 0 Å². The Balaban J connectivity index is 1.86. The van der Waals surface area contributed by atoms with Gasteiger partial charge in [0.25, 0.3) is 0 Å². The van der Waals surface area contributed by atoms with Gasteiger partial charge in [0.15, 0.2) is 0 Å². The van der Waals surface area contributed by atoms with Crippen LogP contribution in [0.4, 0.5) is 0 Å². The zero-order chi connectivity index (χ0) is 15.0. The molecule has 1 fully saturated rings. The van der Waals surface area contributed by atoms with Crippen LogP contribution in [-0.2, 0) is 10.4 Å².